The third kappa shape index (κ3) is 8.64. The Balaban J connectivity index is 1.80. The third-order valence-electron chi connectivity index (χ3n) is 6.61. The summed E-state index contributed by atoms with van der Waals surface area (Å²) in [5, 5.41) is 27.3. The maximum atomic E-state index is 13.5. The van der Waals surface area contributed by atoms with Gasteiger partial charge in [-0.2, -0.15) is 0 Å². The number of para-hydroxylation sites is 1. The minimum atomic E-state index is -1.37. The molecule has 0 aliphatic carbocycles. The molecule has 4 atom stereocenters. The summed E-state index contributed by atoms with van der Waals surface area (Å²) in [5.74, 6) is -5.19. The molecule has 0 saturated heterocycles. The summed E-state index contributed by atoms with van der Waals surface area (Å²) in [7, 11) is 0. The molecule has 0 fully saturated rings. The number of hydrogen-bond donors (Lipinski definition) is 7. The summed E-state index contributed by atoms with van der Waals surface area (Å²) in [6, 6.07) is 11.3. The molecule has 12 heteroatoms. The molecule has 3 amide bonds. The van der Waals surface area contributed by atoms with E-state index in [1.165, 1.54) is 0 Å². The molecular weight excluding hydrogens is 530 g/mol. The number of rotatable bonds is 14. The number of hydrogen-bond acceptors (Lipinski definition) is 6. The van der Waals surface area contributed by atoms with Crippen LogP contribution in [0.15, 0.2) is 60.8 Å². The predicted octanol–water partition coefficient (Wildman–Crippen LogP) is 0.950. The number of carbonyl (C=O) groups excluding carboxylic acids is 3. The van der Waals surface area contributed by atoms with Crippen molar-refractivity contribution in [3.63, 3.8) is 0 Å². The van der Waals surface area contributed by atoms with Gasteiger partial charge < -0.3 is 36.9 Å². The molecule has 3 aromatic rings. The van der Waals surface area contributed by atoms with Crippen LogP contribution in [0.5, 0.6) is 0 Å². The first-order valence-electron chi connectivity index (χ1n) is 13.2. The highest BCUT2D eigenvalue weighted by Gasteiger charge is 2.32. The monoisotopic (exact) mass is 565 g/mol. The maximum absolute atomic E-state index is 13.5. The second-order valence-corrected chi connectivity index (χ2v) is 10.1. The minimum Gasteiger partial charge on any atom is -0.481 e. The number of carboxylic acids is 2. The quantitative estimate of drug-likeness (QED) is 0.150. The van der Waals surface area contributed by atoms with Gasteiger partial charge in [-0.3, -0.25) is 19.2 Å². The number of aromatic amines is 1. The van der Waals surface area contributed by atoms with Crippen molar-refractivity contribution in [3.8, 4) is 0 Å². The first kappa shape index (κ1) is 30.8. The molecular formula is C29H35N5O7. The highest BCUT2D eigenvalue weighted by molar-refractivity contribution is 5.95. The number of carbonyl (C=O) groups is 5. The predicted molar refractivity (Wildman–Crippen MR) is 151 cm³/mol. The standard InChI is InChI=1S/C29H35N5O7/c1-16(2)25(34-26(37)20(30)14-24(35)36)28(39)32-22(12-17-8-4-3-5-9-17)27(38)33-23(29(40)41)13-18-15-31-21-11-7-6-10-19(18)21/h3-11,15-16,20,22-23,25,31H,12-14,30H2,1-2H3,(H,32,39)(H,33,38)(H,34,37)(H,35,36)(H,40,41). The maximum Gasteiger partial charge on any atom is 0.326 e. The molecule has 0 aliphatic rings. The lowest BCUT2D eigenvalue weighted by Gasteiger charge is -2.27. The highest BCUT2D eigenvalue weighted by atomic mass is 16.4. The van der Waals surface area contributed by atoms with Crippen LogP contribution in [0.3, 0.4) is 0 Å². The number of aromatic nitrogens is 1. The highest BCUT2D eigenvalue weighted by Crippen LogP contribution is 2.19. The Kier molecular flexibility index (Phi) is 10.6. The number of H-pyrrole nitrogens is 1. The summed E-state index contributed by atoms with van der Waals surface area (Å²) in [6.45, 7) is 3.34. The van der Waals surface area contributed by atoms with Gasteiger partial charge in [-0.05, 0) is 23.1 Å². The van der Waals surface area contributed by atoms with Crippen molar-refractivity contribution in [2.45, 2.75) is 57.3 Å². The molecule has 0 spiro atoms. The van der Waals surface area contributed by atoms with Gasteiger partial charge in [-0.25, -0.2) is 4.79 Å². The van der Waals surface area contributed by atoms with Crippen molar-refractivity contribution in [3.05, 3.63) is 71.9 Å². The number of nitrogens with two attached hydrogens (primary N) is 1. The SMILES string of the molecule is CC(C)C(NC(=O)C(N)CC(=O)O)C(=O)NC(Cc1ccccc1)C(=O)NC(Cc1c[nH]c2ccccc12)C(=O)O. The van der Waals surface area contributed by atoms with E-state index in [0.29, 0.717) is 11.1 Å². The Labute approximate surface area is 236 Å². The summed E-state index contributed by atoms with van der Waals surface area (Å²) in [6.07, 6.45) is 1.13. The summed E-state index contributed by atoms with van der Waals surface area (Å²) < 4.78 is 0. The van der Waals surface area contributed by atoms with Crippen LogP contribution >= 0.6 is 0 Å². The number of aliphatic carboxylic acids is 2. The van der Waals surface area contributed by atoms with E-state index in [4.69, 9.17) is 10.8 Å². The van der Waals surface area contributed by atoms with Crippen molar-refractivity contribution >= 4 is 40.6 Å². The molecule has 0 aliphatic heterocycles. The molecule has 4 unspecified atom stereocenters. The first-order valence-corrected chi connectivity index (χ1v) is 13.2. The van der Waals surface area contributed by atoms with E-state index in [1.807, 2.05) is 24.3 Å². The minimum absolute atomic E-state index is 0.00321. The number of carboxylic acid groups (broad SMARTS) is 2. The fourth-order valence-electron chi connectivity index (χ4n) is 4.39. The van der Waals surface area contributed by atoms with Gasteiger partial charge in [-0.15, -0.1) is 0 Å². The van der Waals surface area contributed by atoms with Crippen molar-refractivity contribution in [1.29, 1.82) is 0 Å². The zero-order chi connectivity index (χ0) is 30.1. The van der Waals surface area contributed by atoms with Crippen LogP contribution in [-0.4, -0.2) is 69.0 Å². The molecule has 1 aromatic heterocycles. The fraction of sp³-hybridized carbons (Fsp3) is 0.345. The molecule has 41 heavy (non-hydrogen) atoms. The number of nitrogens with one attached hydrogen (secondary N) is 4. The van der Waals surface area contributed by atoms with Crippen LogP contribution < -0.4 is 21.7 Å². The van der Waals surface area contributed by atoms with E-state index in [9.17, 15) is 29.1 Å². The van der Waals surface area contributed by atoms with Gasteiger partial charge in [0.25, 0.3) is 0 Å². The number of amides is 3. The molecule has 3 rings (SSSR count). The zero-order valence-corrected chi connectivity index (χ0v) is 22.8. The zero-order valence-electron chi connectivity index (χ0n) is 22.8. The second-order valence-electron chi connectivity index (χ2n) is 10.1. The van der Waals surface area contributed by atoms with Crippen LogP contribution in [-0.2, 0) is 36.8 Å². The van der Waals surface area contributed by atoms with Crippen molar-refractivity contribution < 1.29 is 34.2 Å². The lowest BCUT2D eigenvalue weighted by Crippen LogP contribution is -2.59. The Bertz CT molecular complexity index is 1390. The van der Waals surface area contributed by atoms with Crippen LogP contribution in [0.2, 0.25) is 0 Å². The summed E-state index contributed by atoms with van der Waals surface area (Å²) in [5.41, 5.74) is 7.89. The molecule has 0 bridgehead atoms. The third-order valence-corrected chi connectivity index (χ3v) is 6.61. The van der Waals surface area contributed by atoms with Crippen molar-refractivity contribution in [2.75, 3.05) is 0 Å². The van der Waals surface area contributed by atoms with Gasteiger partial charge in [0.2, 0.25) is 17.7 Å². The number of fused-ring (bicyclic) bond motifs is 1. The average Bonchev–Trinajstić information content (AvgIpc) is 3.33. The van der Waals surface area contributed by atoms with E-state index in [-0.39, 0.29) is 12.8 Å². The smallest absolute Gasteiger partial charge is 0.326 e. The van der Waals surface area contributed by atoms with Gasteiger partial charge >= 0.3 is 11.9 Å². The lowest BCUT2D eigenvalue weighted by molar-refractivity contribution is -0.142. The van der Waals surface area contributed by atoms with E-state index in [0.717, 1.165) is 10.9 Å². The molecule has 218 valence electrons. The largest absolute Gasteiger partial charge is 0.481 e. The van der Waals surface area contributed by atoms with Crippen LogP contribution in [0.1, 0.15) is 31.4 Å². The lowest BCUT2D eigenvalue weighted by atomic mass is 9.99. The van der Waals surface area contributed by atoms with E-state index >= 15 is 0 Å². The molecule has 0 radical (unpaired) electrons. The molecule has 0 saturated carbocycles. The average molecular weight is 566 g/mol. The van der Waals surface area contributed by atoms with E-state index in [2.05, 4.69) is 20.9 Å². The van der Waals surface area contributed by atoms with Gasteiger partial charge in [0.15, 0.2) is 0 Å². The molecule has 2 aromatic carbocycles. The van der Waals surface area contributed by atoms with Gasteiger partial charge in [0.05, 0.1) is 12.5 Å². The Morgan fingerprint density at radius 2 is 1.44 bits per heavy atom. The van der Waals surface area contributed by atoms with Crippen LogP contribution in [0.4, 0.5) is 0 Å². The van der Waals surface area contributed by atoms with Gasteiger partial charge in [-0.1, -0.05) is 62.4 Å². The number of benzene rings is 2. The van der Waals surface area contributed by atoms with Gasteiger partial charge in [0.1, 0.15) is 18.1 Å². The summed E-state index contributed by atoms with van der Waals surface area (Å²) >= 11 is 0. The van der Waals surface area contributed by atoms with E-state index in [1.54, 1.807) is 50.4 Å². The Morgan fingerprint density at radius 3 is 2.07 bits per heavy atom. The molecule has 8 N–H and O–H groups in total. The fourth-order valence-corrected chi connectivity index (χ4v) is 4.39. The first-order chi connectivity index (χ1) is 19.5. The second kappa shape index (κ2) is 14.1. The van der Waals surface area contributed by atoms with Gasteiger partial charge in [0, 0.05) is 29.9 Å². The normalized spacial score (nSPS) is 14.0. The van der Waals surface area contributed by atoms with Crippen LogP contribution in [0, 0.1) is 5.92 Å². The van der Waals surface area contributed by atoms with Crippen molar-refractivity contribution in [2.24, 2.45) is 11.7 Å². The summed E-state index contributed by atoms with van der Waals surface area (Å²) in [4.78, 5) is 65.4. The van der Waals surface area contributed by atoms with E-state index < -0.39 is 66.2 Å². The Hall–Kier alpha value is -4.71. The molecule has 12 nitrogen and oxygen atoms in total. The topological polar surface area (TPSA) is 204 Å². The molecule has 1 heterocycles. The van der Waals surface area contributed by atoms with Crippen LogP contribution in [0.25, 0.3) is 10.9 Å². The Morgan fingerprint density at radius 1 is 0.805 bits per heavy atom. The van der Waals surface area contributed by atoms with Crippen molar-refractivity contribution in [1.82, 2.24) is 20.9 Å².